The van der Waals surface area contributed by atoms with Gasteiger partial charge >= 0.3 is 0 Å². The number of amides is 1. The Hall–Kier alpha value is -1.25. The Balaban J connectivity index is 1.53. The maximum absolute atomic E-state index is 13.5. The molecule has 4 unspecified atom stereocenters. The number of rotatable bonds is 6. The van der Waals surface area contributed by atoms with Crippen LogP contribution in [-0.4, -0.2) is 50.0 Å². The van der Waals surface area contributed by atoms with E-state index in [-0.39, 0.29) is 24.1 Å². The molecule has 3 aliphatic rings. The molecule has 4 atom stereocenters. The van der Waals surface area contributed by atoms with E-state index in [0.29, 0.717) is 43.2 Å². The van der Waals surface area contributed by atoms with Crippen molar-refractivity contribution < 1.29 is 13.9 Å². The Morgan fingerprint density at radius 2 is 1.90 bits per heavy atom. The van der Waals surface area contributed by atoms with E-state index >= 15 is 0 Å². The molecule has 0 aromatic heterocycles. The van der Waals surface area contributed by atoms with Gasteiger partial charge in [-0.25, -0.2) is 9.82 Å². The molecule has 7 nitrogen and oxygen atoms in total. The quantitative estimate of drug-likeness (QED) is 0.388. The molecule has 2 aliphatic carbocycles. The number of methoxy groups -OCH3 is 1. The summed E-state index contributed by atoms with van der Waals surface area (Å²) in [5, 5.41) is 6.42. The van der Waals surface area contributed by atoms with Gasteiger partial charge in [-0.2, -0.15) is 0 Å². The molecule has 0 radical (unpaired) electrons. The van der Waals surface area contributed by atoms with Crippen LogP contribution in [0.4, 0.5) is 4.39 Å². The summed E-state index contributed by atoms with van der Waals surface area (Å²) in [6.07, 6.45) is 7.30. The van der Waals surface area contributed by atoms with Crippen molar-refractivity contribution in [1.82, 2.24) is 21.5 Å². The van der Waals surface area contributed by atoms with Gasteiger partial charge in [0.2, 0.25) is 5.91 Å². The van der Waals surface area contributed by atoms with Gasteiger partial charge in [0.05, 0.1) is 12.3 Å². The summed E-state index contributed by atoms with van der Waals surface area (Å²) in [6, 6.07) is 0.317. The van der Waals surface area contributed by atoms with Crippen molar-refractivity contribution in [2.24, 2.45) is 22.7 Å². The van der Waals surface area contributed by atoms with E-state index in [1.807, 2.05) is 0 Å². The predicted octanol–water partition coefficient (Wildman–Crippen LogP) is 2.63. The van der Waals surface area contributed by atoms with Gasteiger partial charge in [0.15, 0.2) is 5.96 Å². The van der Waals surface area contributed by atoms with E-state index in [1.165, 1.54) is 0 Å². The molecule has 1 saturated heterocycles. The number of carbonyl (C=O) groups is 1. The highest BCUT2D eigenvalue weighted by molar-refractivity contribution is 5.98. The first kappa shape index (κ1) is 23.4. The van der Waals surface area contributed by atoms with Crippen LogP contribution in [0.1, 0.15) is 71.6 Å². The van der Waals surface area contributed by atoms with Crippen LogP contribution in [0.15, 0.2) is 4.99 Å². The Kier molecular flexibility index (Phi) is 8.89. The number of halogens is 1. The van der Waals surface area contributed by atoms with E-state index in [9.17, 15) is 9.18 Å². The SMILES string of the molecule is COC1CCCC(C(=O)NC(=NCC(C)C)NC2CC(C3CCC(F)CC3)NN2)C1. The highest BCUT2D eigenvalue weighted by atomic mass is 19.1. The Bertz CT molecular complexity index is 580. The summed E-state index contributed by atoms with van der Waals surface area (Å²) in [5.41, 5.74) is 6.67. The molecular formula is C22H40FN5O2. The molecular weight excluding hydrogens is 385 g/mol. The number of hydrazine groups is 1. The second-order valence-corrected chi connectivity index (χ2v) is 9.63. The number of hydrogen-bond donors (Lipinski definition) is 4. The molecule has 1 amide bonds. The number of ether oxygens (including phenoxy) is 1. The van der Waals surface area contributed by atoms with Crippen LogP contribution in [0.3, 0.4) is 0 Å². The Morgan fingerprint density at radius 1 is 1.13 bits per heavy atom. The third-order valence-corrected chi connectivity index (χ3v) is 6.70. The standard InChI is InChI=1S/C22H40FN5O2/c1-14(2)13-24-22(26-21(29)16-5-4-6-18(11-16)30-3)25-20-12-19(27-28-20)15-7-9-17(23)10-8-15/h14-20,27-28H,4-13H2,1-3H3,(H2,24,25,26,29). The zero-order valence-electron chi connectivity index (χ0n) is 18.8. The molecule has 0 aromatic rings. The summed E-state index contributed by atoms with van der Waals surface area (Å²) in [5.74, 6) is 1.43. The highest BCUT2D eigenvalue weighted by Gasteiger charge is 2.34. The van der Waals surface area contributed by atoms with Crippen molar-refractivity contribution in [3.8, 4) is 0 Å². The second-order valence-electron chi connectivity index (χ2n) is 9.63. The number of aliphatic imine (C=N–C) groups is 1. The first-order valence-corrected chi connectivity index (χ1v) is 11.7. The molecule has 4 N–H and O–H groups in total. The molecule has 0 bridgehead atoms. The lowest BCUT2D eigenvalue weighted by Crippen LogP contribution is -2.52. The van der Waals surface area contributed by atoms with E-state index in [2.05, 4.69) is 40.3 Å². The molecule has 2 saturated carbocycles. The summed E-state index contributed by atoms with van der Waals surface area (Å²) < 4.78 is 18.9. The molecule has 8 heteroatoms. The van der Waals surface area contributed by atoms with Crippen molar-refractivity contribution >= 4 is 11.9 Å². The summed E-state index contributed by atoms with van der Waals surface area (Å²) in [7, 11) is 1.72. The van der Waals surface area contributed by atoms with Gasteiger partial charge in [-0.3, -0.25) is 20.5 Å². The third kappa shape index (κ3) is 6.89. The number of nitrogens with zero attached hydrogens (tertiary/aromatic N) is 1. The maximum Gasteiger partial charge on any atom is 0.229 e. The lowest BCUT2D eigenvalue weighted by molar-refractivity contribution is -0.126. The van der Waals surface area contributed by atoms with Gasteiger partial charge in [0.25, 0.3) is 0 Å². The van der Waals surface area contributed by atoms with Crippen LogP contribution in [0.2, 0.25) is 0 Å². The summed E-state index contributed by atoms with van der Waals surface area (Å²) >= 11 is 0. The molecule has 1 heterocycles. The van der Waals surface area contributed by atoms with Crippen LogP contribution < -0.4 is 21.5 Å². The van der Waals surface area contributed by atoms with Crippen LogP contribution >= 0.6 is 0 Å². The largest absolute Gasteiger partial charge is 0.381 e. The van der Waals surface area contributed by atoms with Crippen molar-refractivity contribution in [2.75, 3.05) is 13.7 Å². The first-order chi connectivity index (χ1) is 14.4. The van der Waals surface area contributed by atoms with Crippen LogP contribution in [-0.2, 0) is 9.53 Å². The average molecular weight is 426 g/mol. The number of guanidine groups is 1. The van der Waals surface area contributed by atoms with Crippen LogP contribution in [0.5, 0.6) is 0 Å². The maximum atomic E-state index is 13.5. The van der Waals surface area contributed by atoms with Crippen LogP contribution in [0.25, 0.3) is 0 Å². The number of hydrogen-bond acceptors (Lipinski definition) is 5. The minimum atomic E-state index is -0.632. The molecule has 3 fully saturated rings. The summed E-state index contributed by atoms with van der Waals surface area (Å²) in [4.78, 5) is 17.5. The fourth-order valence-corrected chi connectivity index (χ4v) is 4.84. The van der Waals surface area contributed by atoms with Gasteiger partial charge in [0, 0.05) is 25.6 Å². The van der Waals surface area contributed by atoms with Crippen LogP contribution in [0, 0.1) is 17.8 Å². The predicted molar refractivity (Wildman–Crippen MR) is 116 cm³/mol. The van der Waals surface area contributed by atoms with Crippen molar-refractivity contribution in [1.29, 1.82) is 0 Å². The van der Waals surface area contributed by atoms with Gasteiger partial charge in [-0.05, 0) is 63.2 Å². The molecule has 1 aliphatic heterocycles. The van der Waals surface area contributed by atoms with E-state index in [4.69, 9.17) is 4.74 Å². The van der Waals surface area contributed by atoms with E-state index in [0.717, 1.165) is 44.9 Å². The molecule has 172 valence electrons. The Labute approximate surface area is 180 Å². The minimum Gasteiger partial charge on any atom is -0.381 e. The smallest absolute Gasteiger partial charge is 0.229 e. The zero-order valence-corrected chi connectivity index (χ0v) is 18.8. The normalized spacial score (nSPS) is 35.4. The Morgan fingerprint density at radius 3 is 2.60 bits per heavy atom. The van der Waals surface area contributed by atoms with Gasteiger partial charge in [0.1, 0.15) is 6.17 Å². The van der Waals surface area contributed by atoms with Gasteiger partial charge < -0.3 is 10.1 Å². The molecule has 30 heavy (non-hydrogen) atoms. The molecule has 3 rings (SSSR count). The lowest BCUT2D eigenvalue weighted by atomic mass is 9.82. The van der Waals surface area contributed by atoms with Crippen molar-refractivity contribution in [3.63, 3.8) is 0 Å². The number of alkyl halides is 1. The fraction of sp³-hybridized carbons (Fsp3) is 0.909. The topological polar surface area (TPSA) is 86.8 Å². The highest BCUT2D eigenvalue weighted by Crippen LogP contribution is 2.31. The fourth-order valence-electron chi connectivity index (χ4n) is 4.84. The zero-order chi connectivity index (χ0) is 21.5. The first-order valence-electron chi connectivity index (χ1n) is 11.7. The minimum absolute atomic E-state index is 0.0117. The van der Waals surface area contributed by atoms with E-state index in [1.54, 1.807) is 7.11 Å². The molecule has 0 spiro atoms. The van der Waals surface area contributed by atoms with Crippen molar-refractivity contribution in [3.05, 3.63) is 0 Å². The van der Waals surface area contributed by atoms with E-state index < -0.39 is 6.17 Å². The lowest BCUT2D eigenvalue weighted by Gasteiger charge is -2.29. The monoisotopic (exact) mass is 425 g/mol. The second kappa shape index (κ2) is 11.4. The number of nitrogens with one attached hydrogen (secondary N) is 4. The van der Waals surface area contributed by atoms with Gasteiger partial charge in [-0.15, -0.1) is 0 Å². The average Bonchev–Trinajstić information content (AvgIpc) is 3.21. The third-order valence-electron chi connectivity index (χ3n) is 6.70. The van der Waals surface area contributed by atoms with Crippen molar-refractivity contribution in [2.45, 2.75) is 96.1 Å². The molecule has 0 aromatic carbocycles. The summed E-state index contributed by atoms with van der Waals surface area (Å²) in [6.45, 7) is 4.87. The van der Waals surface area contributed by atoms with Gasteiger partial charge in [-0.1, -0.05) is 20.3 Å². The number of carbonyl (C=O) groups excluding carboxylic acids is 1.